The van der Waals surface area contributed by atoms with E-state index >= 15 is 0 Å². The fourth-order valence-corrected chi connectivity index (χ4v) is 3.08. The topological polar surface area (TPSA) is 35.6 Å². The van der Waals surface area contributed by atoms with Gasteiger partial charge in [-0.05, 0) is 43.9 Å². The lowest BCUT2D eigenvalue weighted by molar-refractivity contribution is 0.201. The summed E-state index contributed by atoms with van der Waals surface area (Å²) < 4.78 is 0. The summed E-state index contributed by atoms with van der Waals surface area (Å²) in [6.45, 7) is 4.07. The lowest BCUT2D eigenvalue weighted by atomic mass is 10.2. The van der Waals surface area contributed by atoms with Gasteiger partial charge in [0.1, 0.15) is 0 Å². The van der Waals surface area contributed by atoms with Gasteiger partial charge in [-0.1, -0.05) is 17.7 Å². The fourth-order valence-electron chi connectivity index (χ4n) is 2.90. The van der Waals surface area contributed by atoms with Gasteiger partial charge in [-0.25, -0.2) is 4.79 Å². The minimum absolute atomic E-state index is 0.0578. The molecule has 21 heavy (non-hydrogen) atoms. The minimum atomic E-state index is -0.0578. The minimum Gasteiger partial charge on any atom is -0.323 e. The van der Waals surface area contributed by atoms with Gasteiger partial charge in [0.15, 0.2) is 0 Å². The first-order chi connectivity index (χ1) is 10.0. The van der Waals surface area contributed by atoms with Crippen LogP contribution in [0, 0.1) is 6.92 Å². The SMILES string of the molecule is Cc1ccc(NC(=O)N(C)[C@H]2CCN(C3CC3)C2)cc1Cl. The smallest absolute Gasteiger partial charge is 0.321 e. The van der Waals surface area contributed by atoms with Crippen molar-refractivity contribution in [1.82, 2.24) is 9.80 Å². The maximum atomic E-state index is 12.3. The molecule has 1 atom stereocenters. The third kappa shape index (κ3) is 3.33. The van der Waals surface area contributed by atoms with Gasteiger partial charge >= 0.3 is 6.03 Å². The Hall–Kier alpha value is -1.26. The van der Waals surface area contributed by atoms with Crippen LogP contribution in [0.4, 0.5) is 10.5 Å². The molecule has 0 aromatic heterocycles. The molecule has 0 bridgehead atoms. The van der Waals surface area contributed by atoms with Crippen molar-refractivity contribution < 1.29 is 4.79 Å². The largest absolute Gasteiger partial charge is 0.323 e. The Kier molecular flexibility index (Phi) is 4.09. The van der Waals surface area contributed by atoms with Crippen molar-refractivity contribution in [3.8, 4) is 0 Å². The number of likely N-dealkylation sites (tertiary alicyclic amines) is 1. The van der Waals surface area contributed by atoms with E-state index in [1.165, 1.54) is 12.8 Å². The number of likely N-dealkylation sites (N-methyl/N-ethyl adjacent to an activating group) is 1. The number of hydrogen-bond acceptors (Lipinski definition) is 2. The molecule has 1 aliphatic carbocycles. The van der Waals surface area contributed by atoms with E-state index in [1.54, 1.807) is 6.07 Å². The molecule has 2 fully saturated rings. The van der Waals surface area contributed by atoms with Gasteiger partial charge in [0.05, 0.1) is 0 Å². The van der Waals surface area contributed by atoms with E-state index in [-0.39, 0.29) is 6.03 Å². The first-order valence-electron chi connectivity index (χ1n) is 7.58. The lowest BCUT2D eigenvalue weighted by Crippen LogP contribution is -2.41. The van der Waals surface area contributed by atoms with Gasteiger partial charge < -0.3 is 10.2 Å². The second-order valence-electron chi connectivity index (χ2n) is 6.17. The van der Waals surface area contributed by atoms with Gasteiger partial charge in [-0.3, -0.25) is 4.90 Å². The maximum Gasteiger partial charge on any atom is 0.321 e. The maximum absolute atomic E-state index is 12.3. The molecule has 1 aromatic carbocycles. The second-order valence-corrected chi connectivity index (χ2v) is 6.58. The van der Waals surface area contributed by atoms with Crippen LogP contribution in [0.15, 0.2) is 18.2 Å². The number of carbonyl (C=O) groups excluding carboxylic acids is 1. The normalized spacial score (nSPS) is 22.3. The molecule has 1 saturated heterocycles. The molecule has 114 valence electrons. The summed E-state index contributed by atoms with van der Waals surface area (Å²) in [5.41, 5.74) is 1.76. The average Bonchev–Trinajstić information content (AvgIpc) is 3.20. The Balaban J connectivity index is 1.58. The number of carbonyl (C=O) groups is 1. The summed E-state index contributed by atoms with van der Waals surface area (Å²) in [6.07, 6.45) is 3.71. The summed E-state index contributed by atoms with van der Waals surface area (Å²) in [6, 6.07) is 6.64. The molecule has 1 heterocycles. The van der Waals surface area contributed by atoms with E-state index in [4.69, 9.17) is 11.6 Å². The molecular formula is C16H22ClN3O. The average molecular weight is 308 g/mol. The second kappa shape index (κ2) is 5.85. The van der Waals surface area contributed by atoms with Gasteiger partial charge in [0.25, 0.3) is 0 Å². The number of amides is 2. The Morgan fingerprint density at radius 3 is 2.81 bits per heavy atom. The van der Waals surface area contributed by atoms with Gasteiger partial charge in [0, 0.05) is 42.9 Å². The van der Waals surface area contributed by atoms with Gasteiger partial charge in [-0.2, -0.15) is 0 Å². The standard InChI is InChI=1S/C16H22ClN3O/c1-11-3-4-12(9-15(11)17)18-16(21)19(2)14-7-8-20(10-14)13-5-6-13/h3-4,9,13-14H,5-8,10H2,1-2H3,(H,18,21)/t14-/m0/s1. The van der Waals surface area contributed by atoms with Crippen LogP contribution in [0.5, 0.6) is 0 Å². The van der Waals surface area contributed by atoms with E-state index in [0.29, 0.717) is 11.1 Å². The molecule has 0 spiro atoms. The number of halogens is 1. The number of urea groups is 1. The number of nitrogens with zero attached hydrogens (tertiary/aromatic N) is 2. The zero-order valence-corrected chi connectivity index (χ0v) is 13.4. The van der Waals surface area contributed by atoms with E-state index < -0.39 is 0 Å². The summed E-state index contributed by atoms with van der Waals surface area (Å²) in [4.78, 5) is 16.7. The predicted octanol–water partition coefficient (Wildman–Crippen LogP) is 3.35. The molecule has 2 aliphatic rings. The van der Waals surface area contributed by atoms with E-state index in [0.717, 1.165) is 36.8 Å². The quantitative estimate of drug-likeness (QED) is 0.929. The van der Waals surface area contributed by atoms with Crippen molar-refractivity contribution in [2.24, 2.45) is 0 Å². The Morgan fingerprint density at radius 1 is 1.38 bits per heavy atom. The van der Waals surface area contributed by atoms with E-state index in [2.05, 4.69) is 10.2 Å². The van der Waals surface area contributed by atoms with Crippen LogP contribution < -0.4 is 5.32 Å². The molecule has 1 aromatic rings. The van der Waals surface area contributed by atoms with Gasteiger partial charge in [-0.15, -0.1) is 0 Å². The summed E-state index contributed by atoms with van der Waals surface area (Å²) in [7, 11) is 1.88. The van der Waals surface area contributed by atoms with Crippen LogP contribution in [0.1, 0.15) is 24.8 Å². The molecule has 3 rings (SSSR count). The number of hydrogen-bond donors (Lipinski definition) is 1. The number of anilines is 1. The molecule has 4 nitrogen and oxygen atoms in total. The van der Waals surface area contributed by atoms with E-state index in [1.807, 2.05) is 31.0 Å². The van der Waals surface area contributed by atoms with Crippen molar-refractivity contribution in [3.05, 3.63) is 28.8 Å². The monoisotopic (exact) mass is 307 g/mol. The lowest BCUT2D eigenvalue weighted by Gasteiger charge is -2.25. The Labute approximate surface area is 131 Å². The van der Waals surface area contributed by atoms with Gasteiger partial charge in [0.2, 0.25) is 0 Å². The van der Waals surface area contributed by atoms with Crippen molar-refractivity contribution in [2.75, 3.05) is 25.5 Å². The highest BCUT2D eigenvalue weighted by molar-refractivity contribution is 6.31. The van der Waals surface area contributed by atoms with Crippen LogP contribution >= 0.6 is 11.6 Å². The van der Waals surface area contributed by atoms with Crippen molar-refractivity contribution in [1.29, 1.82) is 0 Å². The summed E-state index contributed by atoms with van der Waals surface area (Å²) in [5, 5.41) is 3.61. The van der Waals surface area contributed by atoms with Crippen LogP contribution in [0.3, 0.4) is 0 Å². The third-order valence-electron chi connectivity index (χ3n) is 4.55. The molecule has 1 aliphatic heterocycles. The van der Waals surface area contributed by atoms with E-state index in [9.17, 15) is 4.79 Å². The molecule has 0 unspecified atom stereocenters. The van der Waals surface area contributed by atoms with Crippen LogP contribution in [0.25, 0.3) is 0 Å². The molecule has 2 amide bonds. The number of nitrogens with one attached hydrogen (secondary N) is 1. The molecule has 0 radical (unpaired) electrons. The zero-order chi connectivity index (χ0) is 15.0. The van der Waals surface area contributed by atoms with Crippen molar-refractivity contribution >= 4 is 23.3 Å². The third-order valence-corrected chi connectivity index (χ3v) is 4.96. The highest BCUT2D eigenvalue weighted by Crippen LogP contribution is 2.31. The summed E-state index contributed by atoms with van der Waals surface area (Å²) >= 11 is 6.09. The zero-order valence-electron chi connectivity index (χ0n) is 12.6. The molecular weight excluding hydrogens is 286 g/mol. The summed E-state index contributed by atoms with van der Waals surface area (Å²) in [5.74, 6) is 0. The van der Waals surface area contributed by atoms with Crippen molar-refractivity contribution in [2.45, 2.75) is 38.3 Å². The van der Waals surface area contributed by atoms with Crippen molar-refractivity contribution in [3.63, 3.8) is 0 Å². The van der Waals surface area contributed by atoms with Crippen LogP contribution in [0.2, 0.25) is 5.02 Å². The van der Waals surface area contributed by atoms with Crippen LogP contribution in [-0.4, -0.2) is 48.1 Å². The number of benzene rings is 1. The Morgan fingerprint density at radius 2 is 2.14 bits per heavy atom. The molecule has 1 N–H and O–H groups in total. The molecule has 5 heteroatoms. The Bertz CT molecular complexity index is 544. The predicted molar refractivity (Wildman–Crippen MR) is 86.0 cm³/mol. The van der Waals surface area contributed by atoms with Crippen LogP contribution in [-0.2, 0) is 0 Å². The highest BCUT2D eigenvalue weighted by atomic mass is 35.5. The molecule has 1 saturated carbocycles. The number of aryl methyl sites for hydroxylation is 1. The number of rotatable bonds is 3. The first kappa shape index (κ1) is 14.7. The highest BCUT2D eigenvalue weighted by Gasteiger charge is 2.36. The first-order valence-corrected chi connectivity index (χ1v) is 7.96. The fraction of sp³-hybridized carbons (Fsp3) is 0.562.